The van der Waals surface area contributed by atoms with E-state index < -0.39 is 17.6 Å². The van der Waals surface area contributed by atoms with E-state index in [1.54, 1.807) is 30.1 Å². The van der Waals surface area contributed by atoms with Gasteiger partial charge in [-0.15, -0.1) is 10.2 Å². The van der Waals surface area contributed by atoms with Crippen molar-refractivity contribution in [2.45, 2.75) is 38.3 Å². The molecule has 1 saturated heterocycles. The highest BCUT2D eigenvalue weighted by atomic mass is 19.4. The van der Waals surface area contributed by atoms with Gasteiger partial charge in [0.15, 0.2) is 5.82 Å². The van der Waals surface area contributed by atoms with E-state index in [0.717, 1.165) is 17.2 Å². The molecule has 3 aromatic carbocycles. The lowest BCUT2D eigenvalue weighted by molar-refractivity contribution is -0.138. The number of amides is 1. The third kappa shape index (κ3) is 4.89. The van der Waals surface area contributed by atoms with Crippen molar-refractivity contribution in [1.29, 1.82) is 0 Å². The van der Waals surface area contributed by atoms with E-state index in [0.29, 0.717) is 48.7 Å². The average Bonchev–Trinajstić information content (AvgIpc) is 3.54. The Morgan fingerprint density at radius 3 is 2.50 bits per heavy atom. The highest BCUT2D eigenvalue weighted by Crippen LogP contribution is 2.44. The minimum Gasteiger partial charge on any atom is -0.381 e. The Kier molecular flexibility index (Phi) is 6.89. The zero-order valence-corrected chi connectivity index (χ0v) is 21.8. The molecule has 0 radical (unpaired) electrons. The predicted molar refractivity (Wildman–Crippen MR) is 142 cm³/mol. The number of aromatic nitrogens is 3. The number of benzene rings is 3. The Hall–Kier alpha value is -4.02. The molecule has 0 N–H and O–H groups in total. The van der Waals surface area contributed by atoms with Gasteiger partial charge in [-0.05, 0) is 53.3 Å². The fourth-order valence-electron chi connectivity index (χ4n) is 5.42. The summed E-state index contributed by atoms with van der Waals surface area (Å²) in [5.74, 6) is 0.00171. The summed E-state index contributed by atoms with van der Waals surface area (Å²) in [6.45, 7) is 0.896. The van der Waals surface area contributed by atoms with Gasteiger partial charge in [0, 0.05) is 25.8 Å². The van der Waals surface area contributed by atoms with Crippen LogP contribution in [-0.4, -0.2) is 40.0 Å². The molecular formula is C30H27F3N4O3. The fraction of sp³-hybridized carbons (Fsp3) is 0.300. The fourth-order valence-corrected chi connectivity index (χ4v) is 5.42. The Morgan fingerprint density at radius 1 is 1.02 bits per heavy atom. The lowest BCUT2D eigenvalue weighted by Crippen LogP contribution is -2.24. The number of carbonyl (C=O) groups excluding carboxylic acids is 1. The number of carbonyl (C=O) groups is 1. The summed E-state index contributed by atoms with van der Waals surface area (Å²) >= 11 is 0. The lowest BCUT2D eigenvalue weighted by atomic mass is 9.97. The Bertz CT molecular complexity index is 1550. The van der Waals surface area contributed by atoms with Crippen molar-refractivity contribution in [3.05, 3.63) is 89.2 Å². The summed E-state index contributed by atoms with van der Waals surface area (Å²) in [7, 11) is 1.79. The summed E-state index contributed by atoms with van der Waals surface area (Å²) in [5.41, 5.74) is 2.26. The highest BCUT2D eigenvalue weighted by molar-refractivity contribution is 6.13. The van der Waals surface area contributed by atoms with Gasteiger partial charge in [0.25, 0.3) is 5.91 Å². The molecule has 0 unspecified atom stereocenters. The molecule has 0 aliphatic carbocycles. The van der Waals surface area contributed by atoms with Crippen LogP contribution in [0, 0.1) is 0 Å². The van der Waals surface area contributed by atoms with E-state index in [-0.39, 0.29) is 30.4 Å². The van der Waals surface area contributed by atoms with Gasteiger partial charge in [-0.2, -0.15) is 13.2 Å². The Labute approximate surface area is 229 Å². The number of alkyl halides is 3. The van der Waals surface area contributed by atoms with Crippen LogP contribution in [0.1, 0.15) is 39.9 Å². The number of fused-ring (bicyclic) bond motifs is 1. The first kappa shape index (κ1) is 26.2. The predicted octanol–water partition coefficient (Wildman–Crippen LogP) is 6.02. The molecule has 0 saturated carbocycles. The number of nitrogens with zero attached hydrogens (tertiary/aromatic N) is 4. The maximum absolute atomic E-state index is 14.3. The van der Waals surface area contributed by atoms with Crippen LogP contribution in [0.4, 0.5) is 18.9 Å². The van der Waals surface area contributed by atoms with Crippen molar-refractivity contribution in [3.8, 4) is 22.5 Å². The van der Waals surface area contributed by atoms with Crippen LogP contribution in [0.2, 0.25) is 0 Å². The van der Waals surface area contributed by atoms with Crippen LogP contribution in [0.15, 0.2) is 67.0 Å². The van der Waals surface area contributed by atoms with E-state index >= 15 is 0 Å². The van der Waals surface area contributed by atoms with E-state index in [9.17, 15) is 18.0 Å². The average molecular weight is 549 g/mol. The first-order valence-corrected chi connectivity index (χ1v) is 13.1. The smallest absolute Gasteiger partial charge is 0.381 e. The first-order chi connectivity index (χ1) is 19.3. The summed E-state index contributed by atoms with van der Waals surface area (Å²) in [6, 6.07) is 17.7. The van der Waals surface area contributed by atoms with E-state index in [1.165, 1.54) is 11.0 Å². The molecule has 2 aliphatic heterocycles. The molecule has 1 fully saturated rings. The molecule has 1 aromatic heterocycles. The molecule has 0 bridgehead atoms. The minimum atomic E-state index is -4.63. The minimum absolute atomic E-state index is 0.0119. The number of anilines is 1. The van der Waals surface area contributed by atoms with Crippen molar-refractivity contribution in [3.63, 3.8) is 0 Å². The third-order valence-corrected chi connectivity index (χ3v) is 7.41. The topological polar surface area (TPSA) is 69.5 Å². The molecule has 40 heavy (non-hydrogen) atoms. The van der Waals surface area contributed by atoms with Gasteiger partial charge in [0.2, 0.25) is 0 Å². The molecule has 206 valence electrons. The zero-order valence-electron chi connectivity index (χ0n) is 21.8. The first-order valence-electron chi connectivity index (χ1n) is 13.1. The molecule has 1 amide bonds. The van der Waals surface area contributed by atoms with Crippen LogP contribution >= 0.6 is 0 Å². The van der Waals surface area contributed by atoms with E-state index in [1.807, 2.05) is 36.4 Å². The van der Waals surface area contributed by atoms with E-state index in [2.05, 4.69) is 10.2 Å². The summed E-state index contributed by atoms with van der Waals surface area (Å²) in [4.78, 5) is 15.2. The van der Waals surface area contributed by atoms with Crippen molar-refractivity contribution in [1.82, 2.24) is 14.8 Å². The second kappa shape index (κ2) is 10.5. The largest absolute Gasteiger partial charge is 0.416 e. The highest BCUT2D eigenvalue weighted by Gasteiger charge is 2.41. The molecule has 10 heteroatoms. The SMILES string of the molecule is Cn1cnnc1-c1c(-c2ccccc2)cccc1N1Cc2c(cc(COC3CCOCC3)cc2C(F)(F)F)C1=O. The number of ether oxygens (including phenoxy) is 2. The molecule has 6 rings (SSSR count). The van der Waals surface area contributed by atoms with Crippen molar-refractivity contribution >= 4 is 11.6 Å². The molecular weight excluding hydrogens is 521 g/mol. The number of aryl methyl sites for hydroxylation is 1. The Morgan fingerprint density at radius 2 is 1.80 bits per heavy atom. The number of hydrogen-bond acceptors (Lipinski definition) is 5. The van der Waals surface area contributed by atoms with Crippen LogP contribution < -0.4 is 4.90 Å². The quantitative estimate of drug-likeness (QED) is 0.295. The molecule has 7 nitrogen and oxygen atoms in total. The molecule has 2 aliphatic rings. The van der Waals surface area contributed by atoms with Crippen molar-refractivity contribution in [2.24, 2.45) is 7.05 Å². The molecule has 0 spiro atoms. The van der Waals surface area contributed by atoms with Gasteiger partial charge in [0.05, 0.1) is 36.1 Å². The van der Waals surface area contributed by atoms with E-state index in [4.69, 9.17) is 9.47 Å². The number of rotatable bonds is 6. The van der Waals surface area contributed by atoms with Gasteiger partial charge in [-0.3, -0.25) is 4.79 Å². The normalized spacial score (nSPS) is 16.0. The van der Waals surface area contributed by atoms with Crippen LogP contribution in [0.25, 0.3) is 22.5 Å². The molecule has 4 aromatic rings. The number of halogens is 3. The standard InChI is InChI=1S/C30H27F3N4O3/c1-36-18-34-35-28(36)27-22(20-6-3-2-4-7-20)8-5-9-26(27)37-16-24-23(29(37)38)14-19(15-25(24)30(31,32)33)17-40-21-10-12-39-13-11-21/h2-9,14-15,18,21H,10-13,16-17H2,1H3. The van der Waals surface area contributed by atoms with Crippen LogP contribution in [-0.2, 0) is 35.8 Å². The third-order valence-electron chi connectivity index (χ3n) is 7.41. The molecule has 3 heterocycles. The number of hydrogen-bond donors (Lipinski definition) is 0. The van der Waals surface area contributed by atoms with Gasteiger partial charge in [-0.25, -0.2) is 0 Å². The Balaban J connectivity index is 1.43. The summed E-state index contributed by atoms with van der Waals surface area (Å²) in [5, 5.41) is 8.30. The van der Waals surface area contributed by atoms with Gasteiger partial charge in [0.1, 0.15) is 6.33 Å². The summed E-state index contributed by atoms with van der Waals surface area (Å²) < 4.78 is 55.9. The second-order valence-electron chi connectivity index (χ2n) is 10.0. The maximum Gasteiger partial charge on any atom is 0.416 e. The second-order valence-corrected chi connectivity index (χ2v) is 10.0. The van der Waals surface area contributed by atoms with Crippen molar-refractivity contribution in [2.75, 3.05) is 18.1 Å². The van der Waals surface area contributed by atoms with Crippen LogP contribution in [0.5, 0.6) is 0 Å². The van der Waals surface area contributed by atoms with Crippen LogP contribution in [0.3, 0.4) is 0 Å². The van der Waals surface area contributed by atoms with Gasteiger partial charge in [-0.1, -0.05) is 42.5 Å². The monoisotopic (exact) mass is 548 g/mol. The van der Waals surface area contributed by atoms with Gasteiger partial charge < -0.3 is 18.9 Å². The maximum atomic E-state index is 14.3. The zero-order chi connectivity index (χ0) is 27.9. The lowest BCUT2D eigenvalue weighted by Gasteiger charge is -2.22. The molecule has 0 atom stereocenters. The van der Waals surface area contributed by atoms with Crippen molar-refractivity contribution < 1.29 is 27.4 Å². The summed E-state index contributed by atoms with van der Waals surface area (Å²) in [6.07, 6.45) is -1.79. The van der Waals surface area contributed by atoms with Gasteiger partial charge >= 0.3 is 6.18 Å².